The summed E-state index contributed by atoms with van der Waals surface area (Å²) >= 11 is 0. The van der Waals surface area contributed by atoms with Crippen molar-refractivity contribution in [2.45, 2.75) is 50.2 Å². The Balaban J connectivity index is 1.82. The van der Waals surface area contributed by atoms with Crippen LogP contribution in [-0.2, 0) is 16.8 Å². The molecule has 2 aliphatic carbocycles. The molecule has 0 amide bonds. The predicted molar refractivity (Wildman–Crippen MR) is 77.6 cm³/mol. The van der Waals surface area contributed by atoms with Gasteiger partial charge in [-0.2, -0.15) is 0 Å². The van der Waals surface area contributed by atoms with Crippen LogP contribution in [0.25, 0.3) is 11.0 Å². The van der Waals surface area contributed by atoms with Crippen LogP contribution in [0.3, 0.4) is 0 Å². The molecule has 2 heteroatoms. The Hall–Kier alpha value is -1.54. The standard InChI is InChI=1S/C18H18O2/c1-2-7-15-13(6-1)14-11-19-16-9-8-12-5-3-4-10-18(12,16)17(14)20-15/h1-2,6-8,16H,3-5,9-11H2/t16-,18+/m0/s1. The maximum atomic E-state index is 6.34. The van der Waals surface area contributed by atoms with Crippen LogP contribution in [0.15, 0.2) is 40.3 Å². The van der Waals surface area contributed by atoms with E-state index < -0.39 is 0 Å². The van der Waals surface area contributed by atoms with Crippen LogP contribution in [0.4, 0.5) is 0 Å². The molecular formula is C18H18O2. The molecule has 1 aromatic carbocycles. The molecule has 0 unspecified atom stereocenters. The van der Waals surface area contributed by atoms with E-state index in [2.05, 4.69) is 30.3 Å². The summed E-state index contributed by atoms with van der Waals surface area (Å²) in [7, 11) is 0. The Morgan fingerprint density at radius 2 is 2.10 bits per heavy atom. The molecule has 20 heavy (non-hydrogen) atoms. The van der Waals surface area contributed by atoms with Crippen molar-refractivity contribution in [1.82, 2.24) is 0 Å². The maximum absolute atomic E-state index is 6.34. The zero-order chi connectivity index (χ0) is 13.2. The minimum atomic E-state index is 0.0604. The lowest BCUT2D eigenvalue weighted by molar-refractivity contribution is -0.0250. The van der Waals surface area contributed by atoms with Gasteiger partial charge in [0.2, 0.25) is 0 Å². The van der Waals surface area contributed by atoms with E-state index in [1.54, 1.807) is 5.57 Å². The minimum Gasteiger partial charge on any atom is -0.460 e. The van der Waals surface area contributed by atoms with E-state index in [1.165, 1.54) is 42.4 Å². The van der Waals surface area contributed by atoms with Crippen molar-refractivity contribution in [2.75, 3.05) is 0 Å². The van der Waals surface area contributed by atoms with Gasteiger partial charge < -0.3 is 9.15 Å². The molecule has 0 N–H and O–H groups in total. The van der Waals surface area contributed by atoms with Crippen LogP contribution < -0.4 is 0 Å². The van der Waals surface area contributed by atoms with E-state index in [9.17, 15) is 0 Å². The predicted octanol–water partition coefficient (Wildman–Crippen LogP) is 4.47. The normalized spacial score (nSPS) is 31.6. The third-order valence-corrected chi connectivity index (χ3v) is 5.50. The fraction of sp³-hybridized carbons (Fsp3) is 0.444. The van der Waals surface area contributed by atoms with Gasteiger partial charge in [0.05, 0.1) is 18.1 Å². The molecule has 3 aliphatic rings. The lowest BCUT2D eigenvalue weighted by Gasteiger charge is -2.43. The molecular weight excluding hydrogens is 248 g/mol. The fourth-order valence-corrected chi connectivity index (χ4v) is 4.61. The average molecular weight is 266 g/mol. The van der Waals surface area contributed by atoms with E-state index >= 15 is 0 Å². The Labute approximate surface area is 118 Å². The summed E-state index contributed by atoms with van der Waals surface area (Å²) in [6.07, 6.45) is 8.81. The first-order chi connectivity index (χ1) is 9.89. The van der Waals surface area contributed by atoms with Gasteiger partial charge in [0.15, 0.2) is 0 Å². The average Bonchev–Trinajstić information content (AvgIpc) is 3.05. The molecule has 2 aromatic rings. The Bertz CT molecular complexity index is 724. The quantitative estimate of drug-likeness (QED) is 0.656. The summed E-state index contributed by atoms with van der Waals surface area (Å²) in [6, 6.07) is 8.40. The third kappa shape index (κ3) is 1.19. The van der Waals surface area contributed by atoms with Gasteiger partial charge in [-0.15, -0.1) is 0 Å². The Kier molecular flexibility index (Phi) is 2.10. The number of hydrogen-bond donors (Lipinski definition) is 0. The highest BCUT2D eigenvalue weighted by Crippen LogP contribution is 2.56. The van der Waals surface area contributed by atoms with E-state index in [0.29, 0.717) is 12.7 Å². The summed E-state index contributed by atoms with van der Waals surface area (Å²) in [5.74, 6) is 1.22. The summed E-state index contributed by atoms with van der Waals surface area (Å²) in [5, 5.41) is 1.24. The van der Waals surface area contributed by atoms with Crippen LogP contribution in [0, 0.1) is 0 Å². The molecule has 5 rings (SSSR count). The zero-order valence-corrected chi connectivity index (χ0v) is 11.5. The molecule has 2 nitrogen and oxygen atoms in total. The number of benzene rings is 1. The molecule has 1 spiro atoms. The molecule has 0 radical (unpaired) electrons. The first kappa shape index (κ1) is 11.2. The lowest BCUT2D eigenvalue weighted by Crippen LogP contribution is -2.44. The summed E-state index contributed by atoms with van der Waals surface area (Å²) in [5.41, 5.74) is 3.96. The number of ether oxygens (including phenoxy) is 1. The van der Waals surface area contributed by atoms with Crippen molar-refractivity contribution < 1.29 is 9.15 Å². The highest BCUT2D eigenvalue weighted by Gasteiger charge is 2.54. The van der Waals surface area contributed by atoms with Crippen LogP contribution in [0.5, 0.6) is 0 Å². The van der Waals surface area contributed by atoms with Gasteiger partial charge in [-0.25, -0.2) is 0 Å². The van der Waals surface area contributed by atoms with Gasteiger partial charge in [0.25, 0.3) is 0 Å². The van der Waals surface area contributed by atoms with Gasteiger partial charge in [0, 0.05) is 10.9 Å². The van der Waals surface area contributed by atoms with Gasteiger partial charge in [0.1, 0.15) is 11.3 Å². The van der Waals surface area contributed by atoms with Gasteiger partial charge in [-0.1, -0.05) is 36.3 Å². The number of para-hydroxylation sites is 1. The largest absolute Gasteiger partial charge is 0.460 e. The second-order valence-electron chi connectivity index (χ2n) is 6.35. The fourth-order valence-electron chi connectivity index (χ4n) is 4.61. The molecule has 1 saturated carbocycles. The third-order valence-electron chi connectivity index (χ3n) is 5.50. The Morgan fingerprint density at radius 1 is 1.15 bits per heavy atom. The van der Waals surface area contributed by atoms with E-state index in [1.807, 2.05) is 0 Å². The highest BCUT2D eigenvalue weighted by molar-refractivity contribution is 5.83. The summed E-state index contributed by atoms with van der Waals surface area (Å²) in [6.45, 7) is 0.708. The molecule has 0 bridgehead atoms. The molecule has 1 aromatic heterocycles. The molecule has 1 aliphatic heterocycles. The van der Waals surface area contributed by atoms with Gasteiger partial charge in [-0.3, -0.25) is 0 Å². The topological polar surface area (TPSA) is 22.4 Å². The van der Waals surface area contributed by atoms with E-state index in [0.717, 1.165) is 12.0 Å². The summed E-state index contributed by atoms with van der Waals surface area (Å²) in [4.78, 5) is 0. The maximum Gasteiger partial charge on any atom is 0.134 e. The molecule has 1 fully saturated rings. The Morgan fingerprint density at radius 3 is 3.10 bits per heavy atom. The van der Waals surface area contributed by atoms with Gasteiger partial charge in [-0.05, 0) is 31.7 Å². The zero-order valence-electron chi connectivity index (χ0n) is 11.5. The molecule has 102 valence electrons. The second-order valence-corrected chi connectivity index (χ2v) is 6.35. The minimum absolute atomic E-state index is 0.0604. The van der Waals surface area contributed by atoms with Crippen molar-refractivity contribution in [1.29, 1.82) is 0 Å². The number of rotatable bonds is 0. The molecule has 2 atom stereocenters. The first-order valence-corrected chi connectivity index (χ1v) is 7.71. The van der Waals surface area contributed by atoms with Crippen molar-refractivity contribution in [3.05, 3.63) is 47.2 Å². The molecule has 2 heterocycles. The number of fused-ring (bicyclic) bond motifs is 3. The van der Waals surface area contributed by atoms with E-state index in [-0.39, 0.29) is 5.41 Å². The second kappa shape index (κ2) is 3.76. The van der Waals surface area contributed by atoms with Crippen molar-refractivity contribution in [3.8, 4) is 0 Å². The van der Waals surface area contributed by atoms with E-state index in [4.69, 9.17) is 9.15 Å². The van der Waals surface area contributed by atoms with Crippen molar-refractivity contribution in [3.63, 3.8) is 0 Å². The number of furan rings is 1. The lowest BCUT2D eigenvalue weighted by atomic mass is 9.66. The number of hydrogen-bond acceptors (Lipinski definition) is 2. The molecule has 0 saturated heterocycles. The first-order valence-electron chi connectivity index (χ1n) is 7.71. The smallest absolute Gasteiger partial charge is 0.134 e. The van der Waals surface area contributed by atoms with Crippen LogP contribution in [0.1, 0.15) is 43.4 Å². The van der Waals surface area contributed by atoms with Crippen molar-refractivity contribution in [2.24, 2.45) is 0 Å². The van der Waals surface area contributed by atoms with Crippen LogP contribution in [0.2, 0.25) is 0 Å². The van der Waals surface area contributed by atoms with Crippen LogP contribution in [-0.4, -0.2) is 6.10 Å². The van der Waals surface area contributed by atoms with Crippen LogP contribution >= 0.6 is 0 Å². The highest BCUT2D eigenvalue weighted by atomic mass is 16.5. The SMILES string of the molecule is C1=C2CCCC[C@@]23c2oc4ccccc4c2CO[C@H]3C1. The van der Waals surface area contributed by atoms with Crippen molar-refractivity contribution >= 4 is 11.0 Å². The summed E-state index contributed by atoms with van der Waals surface area (Å²) < 4.78 is 12.6. The van der Waals surface area contributed by atoms with Gasteiger partial charge >= 0.3 is 0 Å². The monoisotopic (exact) mass is 266 g/mol.